The van der Waals surface area contributed by atoms with Crippen molar-refractivity contribution in [3.63, 3.8) is 0 Å². The van der Waals surface area contributed by atoms with E-state index in [1.807, 2.05) is 24.3 Å². The van der Waals surface area contributed by atoms with Gasteiger partial charge < -0.3 is 19.9 Å². The molecule has 1 heterocycles. The molecule has 2 atom stereocenters. The fourth-order valence-electron chi connectivity index (χ4n) is 1.88. The van der Waals surface area contributed by atoms with E-state index in [0.717, 1.165) is 17.7 Å². The first-order chi connectivity index (χ1) is 8.70. The average Bonchev–Trinajstić information content (AvgIpc) is 2.83. The molecule has 0 saturated carbocycles. The van der Waals surface area contributed by atoms with E-state index >= 15 is 0 Å². The van der Waals surface area contributed by atoms with Crippen LogP contribution in [0.5, 0.6) is 11.5 Å². The highest BCUT2D eigenvalue weighted by Crippen LogP contribution is 2.34. The SMILES string of the molecule is C=CCC(C)NCC(O)c1ccc2c(c1)OCO2. The number of fused-ring (bicyclic) bond motifs is 1. The molecule has 0 aromatic heterocycles. The van der Waals surface area contributed by atoms with Crippen molar-refractivity contribution in [2.24, 2.45) is 0 Å². The molecule has 4 nitrogen and oxygen atoms in total. The zero-order valence-electron chi connectivity index (χ0n) is 10.6. The molecule has 1 aromatic carbocycles. The Morgan fingerprint density at radius 2 is 2.22 bits per heavy atom. The topological polar surface area (TPSA) is 50.7 Å². The van der Waals surface area contributed by atoms with Crippen molar-refractivity contribution in [3.8, 4) is 11.5 Å². The van der Waals surface area contributed by atoms with E-state index in [4.69, 9.17) is 9.47 Å². The molecule has 2 unspecified atom stereocenters. The molecule has 18 heavy (non-hydrogen) atoms. The second-order valence-electron chi connectivity index (χ2n) is 4.46. The van der Waals surface area contributed by atoms with E-state index in [0.29, 0.717) is 18.3 Å². The normalized spacial score (nSPS) is 16.3. The number of aliphatic hydroxyl groups excluding tert-OH is 1. The Hall–Kier alpha value is -1.52. The zero-order valence-corrected chi connectivity index (χ0v) is 10.6. The number of aliphatic hydroxyl groups is 1. The number of hydrogen-bond acceptors (Lipinski definition) is 4. The minimum atomic E-state index is -0.549. The maximum Gasteiger partial charge on any atom is 0.231 e. The number of nitrogens with one attached hydrogen (secondary N) is 1. The third kappa shape index (κ3) is 3.03. The van der Waals surface area contributed by atoms with Gasteiger partial charge in [0.25, 0.3) is 0 Å². The molecule has 2 N–H and O–H groups in total. The summed E-state index contributed by atoms with van der Waals surface area (Å²) in [5.41, 5.74) is 0.831. The molecule has 0 fully saturated rings. The highest BCUT2D eigenvalue weighted by molar-refractivity contribution is 5.45. The van der Waals surface area contributed by atoms with E-state index in [1.165, 1.54) is 0 Å². The van der Waals surface area contributed by atoms with E-state index in [1.54, 1.807) is 0 Å². The lowest BCUT2D eigenvalue weighted by Crippen LogP contribution is -2.29. The molecule has 1 aromatic rings. The van der Waals surface area contributed by atoms with Crippen LogP contribution in [0.1, 0.15) is 25.0 Å². The highest BCUT2D eigenvalue weighted by Gasteiger charge is 2.16. The van der Waals surface area contributed by atoms with Gasteiger partial charge in [-0.25, -0.2) is 0 Å². The summed E-state index contributed by atoms with van der Waals surface area (Å²) in [6.45, 7) is 6.52. The summed E-state index contributed by atoms with van der Waals surface area (Å²) in [7, 11) is 0. The Morgan fingerprint density at radius 3 is 3.00 bits per heavy atom. The number of benzene rings is 1. The lowest BCUT2D eigenvalue weighted by Gasteiger charge is -2.16. The molecule has 2 rings (SSSR count). The van der Waals surface area contributed by atoms with Crippen molar-refractivity contribution in [2.75, 3.05) is 13.3 Å². The summed E-state index contributed by atoms with van der Waals surface area (Å²) < 4.78 is 10.5. The molecule has 98 valence electrons. The van der Waals surface area contributed by atoms with Gasteiger partial charge in [-0.15, -0.1) is 6.58 Å². The fraction of sp³-hybridized carbons (Fsp3) is 0.429. The smallest absolute Gasteiger partial charge is 0.231 e. The first-order valence-corrected chi connectivity index (χ1v) is 6.12. The molecule has 0 amide bonds. The van der Waals surface area contributed by atoms with Crippen LogP contribution in [0.2, 0.25) is 0 Å². The van der Waals surface area contributed by atoms with Crippen molar-refractivity contribution in [3.05, 3.63) is 36.4 Å². The largest absolute Gasteiger partial charge is 0.454 e. The minimum absolute atomic E-state index is 0.253. The molecule has 0 spiro atoms. The molecule has 0 aliphatic carbocycles. The fourth-order valence-corrected chi connectivity index (χ4v) is 1.88. The van der Waals surface area contributed by atoms with E-state index in [-0.39, 0.29) is 6.79 Å². The second-order valence-corrected chi connectivity index (χ2v) is 4.46. The molecule has 1 aliphatic heterocycles. The number of hydrogen-bond donors (Lipinski definition) is 2. The number of rotatable bonds is 6. The van der Waals surface area contributed by atoms with Gasteiger partial charge in [-0.1, -0.05) is 12.1 Å². The zero-order chi connectivity index (χ0) is 13.0. The van der Waals surface area contributed by atoms with E-state index in [9.17, 15) is 5.11 Å². The van der Waals surface area contributed by atoms with Gasteiger partial charge in [-0.2, -0.15) is 0 Å². The lowest BCUT2D eigenvalue weighted by atomic mass is 10.1. The van der Waals surface area contributed by atoms with Gasteiger partial charge in [0.05, 0.1) is 6.10 Å². The summed E-state index contributed by atoms with van der Waals surface area (Å²) in [6.07, 6.45) is 2.20. The van der Waals surface area contributed by atoms with Crippen LogP contribution in [0.3, 0.4) is 0 Å². The van der Waals surface area contributed by atoms with Crippen LogP contribution in [0.15, 0.2) is 30.9 Å². The third-order valence-electron chi connectivity index (χ3n) is 2.96. The molecule has 1 aliphatic rings. The monoisotopic (exact) mass is 249 g/mol. The Morgan fingerprint density at radius 1 is 1.44 bits per heavy atom. The molecular weight excluding hydrogens is 230 g/mol. The molecule has 0 bridgehead atoms. The average molecular weight is 249 g/mol. The predicted octanol–water partition coefficient (Wildman–Crippen LogP) is 2.00. The van der Waals surface area contributed by atoms with Gasteiger partial charge in [-0.05, 0) is 31.0 Å². The third-order valence-corrected chi connectivity index (χ3v) is 2.96. The molecular formula is C14H19NO3. The van der Waals surface area contributed by atoms with E-state index in [2.05, 4.69) is 18.8 Å². The molecule has 0 saturated heterocycles. The van der Waals surface area contributed by atoms with Gasteiger partial charge in [0.2, 0.25) is 6.79 Å². The van der Waals surface area contributed by atoms with Gasteiger partial charge >= 0.3 is 0 Å². The maximum absolute atomic E-state index is 10.1. The van der Waals surface area contributed by atoms with E-state index < -0.39 is 6.10 Å². The van der Waals surface area contributed by atoms with Gasteiger partial charge in [0.1, 0.15) is 0 Å². The second kappa shape index (κ2) is 5.89. The summed E-state index contributed by atoms with van der Waals surface area (Å²) in [5, 5.41) is 13.3. The van der Waals surface area contributed by atoms with Crippen LogP contribution in [-0.4, -0.2) is 24.5 Å². The van der Waals surface area contributed by atoms with Crippen LogP contribution >= 0.6 is 0 Å². The Balaban J connectivity index is 1.92. The standard InChI is InChI=1S/C14H19NO3/c1-3-4-10(2)15-8-12(16)11-5-6-13-14(7-11)18-9-17-13/h3,5-7,10,12,15-16H,1,4,8-9H2,2H3. The predicted molar refractivity (Wildman–Crippen MR) is 69.8 cm³/mol. The summed E-state index contributed by atoms with van der Waals surface area (Å²) in [6, 6.07) is 5.82. The Labute approximate surface area is 107 Å². The summed E-state index contributed by atoms with van der Waals surface area (Å²) in [5.74, 6) is 1.43. The van der Waals surface area contributed by atoms with Crippen LogP contribution in [-0.2, 0) is 0 Å². The quantitative estimate of drug-likeness (QED) is 0.757. The van der Waals surface area contributed by atoms with Crippen LogP contribution < -0.4 is 14.8 Å². The Bertz CT molecular complexity index is 420. The van der Waals surface area contributed by atoms with Gasteiger partial charge in [0, 0.05) is 12.6 Å². The van der Waals surface area contributed by atoms with Crippen molar-refractivity contribution in [1.82, 2.24) is 5.32 Å². The highest BCUT2D eigenvalue weighted by atomic mass is 16.7. The van der Waals surface area contributed by atoms with Crippen molar-refractivity contribution < 1.29 is 14.6 Å². The van der Waals surface area contributed by atoms with Gasteiger partial charge in [-0.3, -0.25) is 0 Å². The molecule has 0 radical (unpaired) electrons. The maximum atomic E-state index is 10.1. The van der Waals surface area contributed by atoms with Crippen molar-refractivity contribution in [1.29, 1.82) is 0 Å². The van der Waals surface area contributed by atoms with Gasteiger partial charge in [0.15, 0.2) is 11.5 Å². The van der Waals surface area contributed by atoms with Crippen LogP contribution in [0, 0.1) is 0 Å². The lowest BCUT2D eigenvalue weighted by molar-refractivity contribution is 0.168. The van der Waals surface area contributed by atoms with Crippen molar-refractivity contribution in [2.45, 2.75) is 25.5 Å². The van der Waals surface area contributed by atoms with Crippen molar-refractivity contribution >= 4 is 0 Å². The summed E-state index contributed by atoms with van der Waals surface area (Å²) in [4.78, 5) is 0. The first kappa shape index (κ1) is 12.9. The molecule has 4 heteroatoms. The first-order valence-electron chi connectivity index (χ1n) is 6.12. The Kier molecular flexibility index (Phi) is 4.23. The van der Waals surface area contributed by atoms with Crippen LogP contribution in [0.25, 0.3) is 0 Å². The minimum Gasteiger partial charge on any atom is -0.454 e. The number of ether oxygens (including phenoxy) is 2. The summed E-state index contributed by atoms with van der Waals surface area (Å²) >= 11 is 0. The van der Waals surface area contributed by atoms with Crippen LogP contribution in [0.4, 0.5) is 0 Å².